The van der Waals surface area contributed by atoms with Crippen LogP contribution in [0.15, 0.2) is 41.7 Å². The number of aryl methyl sites for hydroxylation is 1. The summed E-state index contributed by atoms with van der Waals surface area (Å²) >= 11 is 0. The third-order valence-electron chi connectivity index (χ3n) is 4.09. The average molecular weight is 370 g/mol. The maximum Gasteiger partial charge on any atom is 0.273 e. The Kier molecular flexibility index (Phi) is 7.73. The molecule has 1 unspecified atom stereocenters. The van der Waals surface area contributed by atoms with Crippen LogP contribution in [-0.4, -0.2) is 33.7 Å². The molecule has 2 aromatic rings. The van der Waals surface area contributed by atoms with Gasteiger partial charge in [0, 0.05) is 24.4 Å². The number of hydrogen-bond acceptors (Lipinski definition) is 5. The largest absolute Gasteiger partial charge is 0.493 e. The van der Waals surface area contributed by atoms with Gasteiger partial charge in [0.25, 0.3) is 5.56 Å². The van der Waals surface area contributed by atoms with Gasteiger partial charge in [-0.15, -0.1) is 16.8 Å². The van der Waals surface area contributed by atoms with Crippen LogP contribution in [0.3, 0.4) is 0 Å². The minimum atomic E-state index is -0.331. The third-order valence-corrected chi connectivity index (χ3v) is 4.09. The number of aromatic nitrogens is 3. The zero-order chi connectivity index (χ0) is 19.6. The van der Waals surface area contributed by atoms with Gasteiger partial charge in [-0.3, -0.25) is 9.59 Å². The van der Waals surface area contributed by atoms with Crippen LogP contribution in [-0.2, 0) is 11.2 Å². The van der Waals surface area contributed by atoms with Gasteiger partial charge < -0.3 is 15.0 Å². The first-order chi connectivity index (χ1) is 13.0. The Morgan fingerprint density at radius 2 is 2.07 bits per heavy atom. The molecule has 27 heavy (non-hydrogen) atoms. The van der Waals surface area contributed by atoms with Crippen molar-refractivity contribution in [2.45, 2.75) is 45.6 Å². The zero-order valence-electron chi connectivity index (χ0n) is 15.8. The molecule has 1 aromatic heterocycles. The second-order valence-corrected chi connectivity index (χ2v) is 6.28. The highest BCUT2D eigenvalue weighted by atomic mass is 16.5. The van der Waals surface area contributed by atoms with Gasteiger partial charge in [-0.25, -0.2) is 0 Å². The predicted octanol–water partition coefficient (Wildman–Crippen LogP) is 2.63. The van der Waals surface area contributed by atoms with Gasteiger partial charge in [-0.1, -0.05) is 13.0 Å². The summed E-state index contributed by atoms with van der Waals surface area (Å²) in [6.07, 6.45) is 3.89. The molecule has 0 radical (unpaired) electrons. The molecular weight excluding hydrogens is 344 g/mol. The predicted molar refractivity (Wildman–Crippen MR) is 105 cm³/mol. The Morgan fingerprint density at radius 1 is 1.33 bits per heavy atom. The first-order valence-electron chi connectivity index (χ1n) is 9.12. The van der Waals surface area contributed by atoms with Crippen molar-refractivity contribution in [1.29, 1.82) is 0 Å². The average Bonchev–Trinajstić information content (AvgIpc) is 2.67. The first-order valence-corrected chi connectivity index (χ1v) is 9.12. The summed E-state index contributed by atoms with van der Waals surface area (Å²) in [6.45, 7) is 8.16. The van der Waals surface area contributed by atoms with Crippen LogP contribution in [0.5, 0.6) is 5.75 Å². The van der Waals surface area contributed by atoms with Gasteiger partial charge in [0.1, 0.15) is 11.4 Å². The first kappa shape index (κ1) is 20.4. The van der Waals surface area contributed by atoms with Crippen molar-refractivity contribution >= 4 is 5.91 Å². The molecule has 0 saturated carbocycles. The summed E-state index contributed by atoms with van der Waals surface area (Å²) in [5.74, 6) is 1.02. The maximum absolute atomic E-state index is 12.2. The fourth-order valence-electron chi connectivity index (χ4n) is 2.30. The third kappa shape index (κ3) is 6.36. The van der Waals surface area contributed by atoms with Gasteiger partial charge in [0.15, 0.2) is 5.82 Å². The van der Waals surface area contributed by atoms with Crippen molar-refractivity contribution in [3.05, 3.63) is 53.0 Å². The van der Waals surface area contributed by atoms with Crippen molar-refractivity contribution in [1.82, 2.24) is 20.5 Å². The molecule has 0 saturated heterocycles. The summed E-state index contributed by atoms with van der Waals surface area (Å²) in [4.78, 5) is 26.8. The molecule has 7 heteroatoms. The molecule has 0 aliphatic heterocycles. The van der Waals surface area contributed by atoms with E-state index < -0.39 is 0 Å². The lowest BCUT2D eigenvalue weighted by atomic mass is 10.2. The molecule has 1 aromatic carbocycles. The number of hydrogen-bond donors (Lipinski definition) is 2. The molecule has 7 nitrogen and oxygen atoms in total. The van der Waals surface area contributed by atoms with Crippen molar-refractivity contribution in [2.75, 3.05) is 6.61 Å². The van der Waals surface area contributed by atoms with Crippen molar-refractivity contribution in [3.8, 4) is 17.1 Å². The number of nitrogens with zero attached hydrogens (tertiary/aromatic N) is 2. The fourth-order valence-corrected chi connectivity index (χ4v) is 2.30. The monoisotopic (exact) mass is 370 g/mol. The van der Waals surface area contributed by atoms with E-state index in [0.717, 1.165) is 24.2 Å². The molecule has 2 rings (SSSR count). The Morgan fingerprint density at radius 3 is 2.70 bits per heavy atom. The minimum Gasteiger partial charge on any atom is -0.493 e. The molecule has 144 valence electrons. The molecule has 0 fully saturated rings. The standard InChI is InChI=1S/C20H26N4O3/c1-4-6-13-27-16-9-7-15(8-10-16)19-22-20(26)17(23-24-19)11-12-18(25)21-14(3)5-2/h4,7-10,14H,1,5-6,11-13H2,2-3H3,(H,21,25)(H,22,24,26). The topological polar surface area (TPSA) is 97.0 Å². The van der Waals surface area contributed by atoms with Gasteiger partial charge in [-0.2, -0.15) is 0 Å². The van der Waals surface area contributed by atoms with E-state index in [4.69, 9.17) is 4.74 Å². The number of aromatic amines is 1. The van der Waals surface area contributed by atoms with Crippen LogP contribution in [0.4, 0.5) is 0 Å². The molecule has 1 amide bonds. The highest BCUT2D eigenvalue weighted by Gasteiger charge is 2.11. The summed E-state index contributed by atoms with van der Waals surface area (Å²) in [6, 6.07) is 7.36. The quantitative estimate of drug-likeness (QED) is 0.495. The molecule has 2 N–H and O–H groups in total. The van der Waals surface area contributed by atoms with E-state index in [1.54, 1.807) is 6.08 Å². The van der Waals surface area contributed by atoms with E-state index in [9.17, 15) is 9.59 Å². The normalized spacial score (nSPS) is 11.6. The van der Waals surface area contributed by atoms with Crippen LogP contribution in [0.25, 0.3) is 11.4 Å². The van der Waals surface area contributed by atoms with Crippen LogP contribution in [0.1, 0.15) is 38.8 Å². The summed E-state index contributed by atoms with van der Waals surface area (Å²) in [5, 5.41) is 10.9. The lowest BCUT2D eigenvalue weighted by molar-refractivity contribution is -0.121. The van der Waals surface area contributed by atoms with Gasteiger partial charge >= 0.3 is 0 Å². The minimum absolute atomic E-state index is 0.0957. The number of rotatable bonds is 10. The number of carbonyl (C=O) groups excluding carboxylic acids is 1. The van der Waals surface area contributed by atoms with Crippen LogP contribution < -0.4 is 15.6 Å². The smallest absolute Gasteiger partial charge is 0.273 e. The van der Waals surface area contributed by atoms with Crippen LogP contribution >= 0.6 is 0 Å². The van der Waals surface area contributed by atoms with E-state index in [1.807, 2.05) is 38.1 Å². The number of benzene rings is 1. The number of amides is 1. The van der Waals surface area contributed by atoms with Crippen molar-refractivity contribution in [2.24, 2.45) is 0 Å². The summed E-state index contributed by atoms with van der Waals surface area (Å²) in [5.41, 5.74) is 0.654. The fraction of sp³-hybridized carbons (Fsp3) is 0.400. The van der Waals surface area contributed by atoms with E-state index >= 15 is 0 Å². The number of ether oxygens (including phenoxy) is 1. The second kappa shape index (κ2) is 10.3. The molecule has 0 bridgehead atoms. The van der Waals surface area contributed by atoms with E-state index in [1.165, 1.54) is 0 Å². The number of nitrogens with one attached hydrogen (secondary N) is 2. The lowest BCUT2D eigenvalue weighted by Crippen LogP contribution is -2.32. The van der Waals surface area contributed by atoms with Gasteiger partial charge in [0.05, 0.1) is 6.61 Å². The van der Waals surface area contributed by atoms with E-state index in [-0.39, 0.29) is 36.0 Å². The van der Waals surface area contributed by atoms with Crippen LogP contribution in [0.2, 0.25) is 0 Å². The van der Waals surface area contributed by atoms with E-state index in [0.29, 0.717) is 12.4 Å². The van der Waals surface area contributed by atoms with Crippen LogP contribution in [0, 0.1) is 0 Å². The lowest BCUT2D eigenvalue weighted by Gasteiger charge is -2.10. The molecule has 1 atom stereocenters. The molecular formula is C20H26N4O3. The highest BCUT2D eigenvalue weighted by molar-refractivity contribution is 5.76. The summed E-state index contributed by atoms with van der Waals surface area (Å²) in [7, 11) is 0. The zero-order valence-corrected chi connectivity index (χ0v) is 15.8. The highest BCUT2D eigenvalue weighted by Crippen LogP contribution is 2.18. The maximum atomic E-state index is 12.2. The molecule has 0 aliphatic carbocycles. The van der Waals surface area contributed by atoms with Gasteiger partial charge in [-0.05, 0) is 44.0 Å². The molecule has 0 aliphatic rings. The van der Waals surface area contributed by atoms with E-state index in [2.05, 4.69) is 27.1 Å². The Bertz CT molecular complexity index is 815. The molecule has 1 heterocycles. The Labute approximate surface area is 158 Å². The summed E-state index contributed by atoms with van der Waals surface area (Å²) < 4.78 is 5.55. The number of H-pyrrole nitrogens is 1. The van der Waals surface area contributed by atoms with Crippen molar-refractivity contribution < 1.29 is 9.53 Å². The van der Waals surface area contributed by atoms with Gasteiger partial charge in [0.2, 0.25) is 5.91 Å². The number of carbonyl (C=O) groups is 1. The molecule has 0 spiro atoms. The Hall–Kier alpha value is -2.96. The SMILES string of the molecule is C=CCCOc1ccc(-c2nnc(CCC(=O)NC(C)CC)c(=O)[nH]2)cc1. The second-order valence-electron chi connectivity index (χ2n) is 6.28. The Balaban J connectivity index is 1.98. The van der Waals surface area contributed by atoms with Crippen molar-refractivity contribution in [3.63, 3.8) is 0 Å².